The average molecular weight is 400 g/mol. The van der Waals surface area contributed by atoms with Crippen molar-refractivity contribution in [3.05, 3.63) is 48.0 Å². The summed E-state index contributed by atoms with van der Waals surface area (Å²) in [7, 11) is 1.59. The molecule has 8 nitrogen and oxygen atoms in total. The lowest BCUT2D eigenvalue weighted by Gasteiger charge is -2.36. The normalized spacial score (nSPS) is 13.8. The molecule has 0 saturated carbocycles. The van der Waals surface area contributed by atoms with Crippen LogP contribution in [0, 0.1) is 0 Å². The lowest BCUT2D eigenvalue weighted by atomic mass is 10.1. The third kappa shape index (κ3) is 5.10. The molecule has 154 valence electrons. The number of piperazine rings is 1. The van der Waals surface area contributed by atoms with Gasteiger partial charge in [-0.3, -0.25) is 4.79 Å². The van der Waals surface area contributed by atoms with Crippen molar-refractivity contribution >= 4 is 17.6 Å². The molecule has 0 radical (unpaired) electrons. The number of ether oxygens (including phenoxy) is 2. The Morgan fingerprint density at radius 3 is 2.45 bits per heavy atom. The molecule has 3 rings (SSSR count). The number of carbonyl (C=O) groups is 2. The van der Waals surface area contributed by atoms with E-state index in [0.717, 1.165) is 0 Å². The number of rotatable bonds is 7. The zero-order valence-corrected chi connectivity index (χ0v) is 16.2. The van der Waals surface area contributed by atoms with Gasteiger partial charge in [0.15, 0.2) is 0 Å². The van der Waals surface area contributed by atoms with E-state index in [1.807, 2.05) is 23.1 Å². The van der Waals surface area contributed by atoms with Crippen LogP contribution >= 0.6 is 0 Å². The average Bonchev–Trinajstić information content (AvgIpc) is 2.74. The molecule has 1 heterocycles. The van der Waals surface area contributed by atoms with Crippen LogP contribution in [0.5, 0.6) is 17.2 Å². The Morgan fingerprint density at radius 2 is 1.76 bits per heavy atom. The van der Waals surface area contributed by atoms with Crippen molar-refractivity contribution in [2.75, 3.05) is 44.8 Å². The van der Waals surface area contributed by atoms with Crippen molar-refractivity contribution in [2.24, 2.45) is 0 Å². The minimum atomic E-state index is -1.17. The number of carbonyl (C=O) groups excluding carboxylic acids is 1. The molecule has 2 aromatic rings. The Balaban J connectivity index is 1.48. The molecule has 0 spiro atoms. The summed E-state index contributed by atoms with van der Waals surface area (Å²) in [6, 6.07) is 11.8. The van der Waals surface area contributed by atoms with E-state index in [1.165, 1.54) is 12.1 Å². The van der Waals surface area contributed by atoms with E-state index < -0.39 is 5.97 Å². The van der Waals surface area contributed by atoms with Crippen molar-refractivity contribution in [2.45, 2.75) is 6.42 Å². The second-order valence-corrected chi connectivity index (χ2v) is 6.65. The van der Waals surface area contributed by atoms with Gasteiger partial charge in [-0.25, -0.2) is 4.79 Å². The van der Waals surface area contributed by atoms with Gasteiger partial charge in [0, 0.05) is 37.9 Å². The number of carboxylic acids is 1. The van der Waals surface area contributed by atoms with Gasteiger partial charge in [0.25, 0.3) is 0 Å². The number of aromatic carboxylic acids is 1. The predicted octanol–water partition coefficient (Wildman–Crippen LogP) is 2.22. The van der Waals surface area contributed by atoms with E-state index >= 15 is 0 Å². The highest BCUT2D eigenvalue weighted by Crippen LogP contribution is 2.25. The molecular formula is C21H24N2O6. The first-order valence-corrected chi connectivity index (χ1v) is 9.34. The number of aromatic hydroxyl groups is 1. The van der Waals surface area contributed by atoms with Crippen molar-refractivity contribution in [3.8, 4) is 17.2 Å². The Labute approximate surface area is 168 Å². The predicted molar refractivity (Wildman–Crippen MR) is 107 cm³/mol. The number of nitrogens with zero attached hydrogens (tertiary/aromatic N) is 2. The highest BCUT2D eigenvalue weighted by molar-refractivity contribution is 5.92. The van der Waals surface area contributed by atoms with E-state index in [0.29, 0.717) is 43.4 Å². The van der Waals surface area contributed by atoms with Crippen LogP contribution in [0.2, 0.25) is 0 Å². The molecule has 2 N–H and O–H groups in total. The van der Waals surface area contributed by atoms with Gasteiger partial charge in [0.2, 0.25) is 5.91 Å². The summed E-state index contributed by atoms with van der Waals surface area (Å²) in [6.07, 6.45) is 0.277. The van der Waals surface area contributed by atoms with E-state index in [9.17, 15) is 14.7 Å². The fourth-order valence-electron chi connectivity index (χ4n) is 3.21. The minimum absolute atomic E-state index is 0.0180. The van der Waals surface area contributed by atoms with Crippen LogP contribution in [0.3, 0.4) is 0 Å². The number of anilines is 1. The Hall–Kier alpha value is -3.42. The molecule has 2 aromatic carbocycles. The quantitative estimate of drug-likeness (QED) is 0.735. The molecule has 0 bridgehead atoms. The highest BCUT2D eigenvalue weighted by Gasteiger charge is 2.22. The van der Waals surface area contributed by atoms with Gasteiger partial charge in [0.05, 0.1) is 20.1 Å². The second kappa shape index (κ2) is 9.18. The van der Waals surface area contributed by atoms with Crippen LogP contribution in [-0.2, 0) is 4.79 Å². The topological polar surface area (TPSA) is 99.5 Å². The van der Waals surface area contributed by atoms with Crippen LogP contribution in [0.1, 0.15) is 16.8 Å². The highest BCUT2D eigenvalue weighted by atomic mass is 16.5. The monoisotopic (exact) mass is 400 g/mol. The summed E-state index contributed by atoms with van der Waals surface area (Å²) in [5, 5.41) is 18.8. The van der Waals surface area contributed by atoms with E-state index in [1.54, 1.807) is 24.1 Å². The molecular weight excluding hydrogens is 376 g/mol. The van der Waals surface area contributed by atoms with Crippen LogP contribution in [0.25, 0.3) is 0 Å². The number of methoxy groups -OCH3 is 1. The lowest BCUT2D eigenvalue weighted by molar-refractivity contribution is -0.132. The molecule has 1 fully saturated rings. The molecule has 0 aromatic heterocycles. The van der Waals surface area contributed by atoms with Gasteiger partial charge in [-0.15, -0.1) is 0 Å². The summed E-state index contributed by atoms with van der Waals surface area (Å²) in [5.74, 6) is -0.0569. The summed E-state index contributed by atoms with van der Waals surface area (Å²) in [6.45, 7) is 2.55. The molecule has 1 saturated heterocycles. The Morgan fingerprint density at radius 1 is 1.03 bits per heavy atom. The van der Waals surface area contributed by atoms with Crippen molar-refractivity contribution < 1.29 is 29.3 Å². The minimum Gasteiger partial charge on any atom is -0.507 e. The van der Waals surface area contributed by atoms with Gasteiger partial charge in [-0.05, 0) is 30.3 Å². The van der Waals surface area contributed by atoms with Gasteiger partial charge < -0.3 is 29.5 Å². The van der Waals surface area contributed by atoms with Crippen LogP contribution < -0.4 is 14.4 Å². The molecule has 29 heavy (non-hydrogen) atoms. The summed E-state index contributed by atoms with van der Waals surface area (Å²) in [4.78, 5) is 27.4. The zero-order chi connectivity index (χ0) is 20.8. The fraction of sp³-hybridized carbons (Fsp3) is 0.333. The maximum atomic E-state index is 12.4. The number of carboxylic acid groups (broad SMARTS) is 1. The van der Waals surface area contributed by atoms with Gasteiger partial charge in [0.1, 0.15) is 22.8 Å². The van der Waals surface area contributed by atoms with Crippen molar-refractivity contribution in [1.29, 1.82) is 0 Å². The van der Waals surface area contributed by atoms with E-state index in [2.05, 4.69) is 0 Å². The molecule has 1 aliphatic rings. The van der Waals surface area contributed by atoms with Crippen molar-refractivity contribution in [1.82, 2.24) is 4.90 Å². The number of hydrogen-bond donors (Lipinski definition) is 2. The molecule has 1 aliphatic heterocycles. The number of phenols is 1. The van der Waals surface area contributed by atoms with Gasteiger partial charge in [-0.2, -0.15) is 0 Å². The van der Waals surface area contributed by atoms with Gasteiger partial charge in [-0.1, -0.05) is 6.07 Å². The van der Waals surface area contributed by atoms with Crippen LogP contribution in [0.15, 0.2) is 42.5 Å². The SMILES string of the molecule is COc1cccc(OCCC(=O)N2CCN(c3ccc(O)c(C(=O)O)c3)CC2)c1. The smallest absolute Gasteiger partial charge is 0.339 e. The Kier molecular flexibility index (Phi) is 6.43. The first-order valence-electron chi connectivity index (χ1n) is 9.34. The molecule has 0 aliphatic carbocycles. The third-order valence-electron chi connectivity index (χ3n) is 4.83. The standard InChI is InChI=1S/C21H24N2O6/c1-28-16-3-2-4-17(14-16)29-12-7-20(25)23-10-8-22(9-11-23)15-5-6-19(24)18(13-15)21(26)27/h2-6,13-14,24H,7-12H2,1H3,(H,26,27). The molecule has 8 heteroatoms. The maximum Gasteiger partial charge on any atom is 0.339 e. The van der Waals surface area contributed by atoms with Crippen LogP contribution in [-0.4, -0.2) is 66.9 Å². The largest absolute Gasteiger partial charge is 0.507 e. The summed E-state index contributed by atoms with van der Waals surface area (Å²) < 4.78 is 10.8. The molecule has 1 amide bonds. The fourth-order valence-corrected chi connectivity index (χ4v) is 3.21. The Bertz CT molecular complexity index is 877. The maximum absolute atomic E-state index is 12.4. The third-order valence-corrected chi connectivity index (χ3v) is 4.83. The lowest BCUT2D eigenvalue weighted by Crippen LogP contribution is -2.49. The number of benzene rings is 2. The summed E-state index contributed by atoms with van der Waals surface area (Å²) in [5.41, 5.74) is 0.587. The van der Waals surface area contributed by atoms with E-state index in [-0.39, 0.29) is 30.2 Å². The summed E-state index contributed by atoms with van der Waals surface area (Å²) >= 11 is 0. The van der Waals surface area contributed by atoms with Gasteiger partial charge >= 0.3 is 5.97 Å². The molecule has 0 unspecified atom stereocenters. The van der Waals surface area contributed by atoms with E-state index in [4.69, 9.17) is 14.6 Å². The van der Waals surface area contributed by atoms with Crippen molar-refractivity contribution in [3.63, 3.8) is 0 Å². The zero-order valence-electron chi connectivity index (χ0n) is 16.2. The number of hydrogen-bond acceptors (Lipinski definition) is 6. The second-order valence-electron chi connectivity index (χ2n) is 6.65. The van der Waals surface area contributed by atoms with Crippen LogP contribution in [0.4, 0.5) is 5.69 Å². The number of amides is 1. The molecule has 0 atom stereocenters. The first kappa shape index (κ1) is 20.3. The first-order chi connectivity index (χ1) is 14.0.